The van der Waals surface area contributed by atoms with Crippen molar-refractivity contribution in [3.8, 4) is 10.8 Å². The molecule has 0 radical (unpaired) electrons. The molecule has 1 N–H and O–H groups in total. The van der Waals surface area contributed by atoms with Crippen LogP contribution in [0.25, 0.3) is 10.8 Å². The molecule has 3 aromatic rings. The van der Waals surface area contributed by atoms with Crippen molar-refractivity contribution in [1.29, 1.82) is 0 Å². The third-order valence-corrected chi connectivity index (χ3v) is 4.20. The summed E-state index contributed by atoms with van der Waals surface area (Å²) >= 11 is 1.57. The highest BCUT2D eigenvalue weighted by molar-refractivity contribution is 7.13. The normalized spacial score (nSPS) is 10.5. The van der Waals surface area contributed by atoms with Crippen LogP contribution in [0.1, 0.15) is 16.1 Å². The Morgan fingerprint density at radius 3 is 2.91 bits per heavy atom. The average molecular weight is 327 g/mol. The summed E-state index contributed by atoms with van der Waals surface area (Å²) in [6, 6.07) is 11.4. The number of hydrogen-bond donors (Lipinski definition) is 1. The number of nitrogens with zero attached hydrogens (tertiary/aromatic N) is 2. The predicted molar refractivity (Wildman–Crippen MR) is 91.8 cm³/mol. The summed E-state index contributed by atoms with van der Waals surface area (Å²) in [6.07, 6.45) is 1.57. The van der Waals surface area contributed by atoms with Crippen LogP contribution in [0.15, 0.2) is 52.5 Å². The summed E-state index contributed by atoms with van der Waals surface area (Å²) < 4.78 is 5.44. The van der Waals surface area contributed by atoms with E-state index in [1.165, 1.54) is 0 Å². The Hall–Kier alpha value is -2.60. The molecule has 2 heterocycles. The summed E-state index contributed by atoms with van der Waals surface area (Å²) in [4.78, 5) is 19.6. The molecule has 6 heteroatoms. The van der Waals surface area contributed by atoms with Gasteiger partial charge in [-0.25, -0.2) is 4.98 Å². The Morgan fingerprint density at radius 2 is 2.17 bits per heavy atom. The zero-order valence-electron chi connectivity index (χ0n) is 12.9. The Morgan fingerprint density at radius 1 is 1.30 bits per heavy atom. The summed E-state index contributed by atoms with van der Waals surface area (Å²) in [5.74, 6) is 0.452. The number of thiophene rings is 1. The van der Waals surface area contributed by atoms with E-state index in [1.54, 1.807) is 23.7 Å². The molecule has 1 aromatic carbocycles. The second-order valence-corrected chi connectivity index (χ2v) is 6.20. The highest BCUT2D eigenvalue weighted by Gasteiger charge is 2.10. The van der Waals surface area contributed by atoms with Gasteiger partial charge in [-0.3, -0.25) is 4.79 Å². The second kappa shape index (κ2) is 6.66. The fraction of sp³-hybridized carbons (Fsp3) is 0.176. The van der Waals surface area contributed by atoms with Gasteiger partial charge in [0.1, 0.15) is 6.26 Å². The van der Waals surface area contributed by atoms with Crippen LogP contribution in [0.5, 0.6) is 0 Å². The number of anilines is 1. The molecule has 2 aromatic heterocycles. The van der Waals surface area contributed by atoms with Crippen molar-refractivity contribution in [2.75, 3.05) is 19.0 Å². The van der Waals surface area contributed by atoms with Crippen molar-refractivity contribution < 1.29 is 9.21 Å². The van der Waals surface area contributed by atoms with E-state index in [4.69, 9.17) is 4.42 Å². The lowest BCUT2D eigenvalue weighted by molar-refractivity contribution is 0.0950. The van der Waals surface area contributed by atoms with Crippen LogP contribution in [0.4, 0.5) is 5.69 Å². The molecule has 0 atom stereocenters. The maximum absolute atomic E-state index is 12.2. The Labute approximate surface area is 138 Å². The number of carbonyl (C=O) groups excluding carboxylic acids is 1. The van der Waals surface area contributed by atoms with Gasteiger partial charge in [-0.05, 0) is 29.6 Å². The van der Waals surface area contributed by atoms with E-state index >= 15 is 0 Å². The van der Waals surface area contributed by atoms with E-state index in [-0.39, 0.29) is 5.91 Å². The van der Waals surface area contributed by atoms with E-state index in [1.807, 2.05) is 54.7 Å². The highest BCUT2D eigenvalue weighted by atomic mass is 32.1. The minimum atomic E-state index is -0.130. The largest absolute Gasteiger partial charge is 0.443 e. The summed E-state index contributed by atoms with van der Waals surface area (Å²) in [5.41, 5.74) is 2.31. The van der Waals surface area contributed by atoms with E-state index in [0.29, 0.717) is 23.7 Å². The van der Waals surface area contributed by atoms with E-state index in [0.717, 1.165) is 10.6 Å². The molecule has 0 unspecified atom stereocenters. The van der Waals surface area contributed by atoms with E-state index in [9.17, 15) is 4.79 Å². The number of benzene rings is 1. The monoisotopic (exact) mass is 327 g/mol. The van der Waals surface area contributed by atoms with Gasteiger partial charge in [-0.2, -0.15) is 0 Å². The minimum absolute atomic E-state index is 0.130. The van der Waals surface area contributed by atoms with Crippen LogP contribution in [0, 0.1) is 0 Å². The first-order chi connectivity index (χ1) is 11.1. The first kappa shape index (κ1) is 15.3. The maximum atomic E-state index is 12.2. The first-order valence-electron chi connectivity index (χ1n) is 7.17. The number of oxazole rings is 1. The quantitative estimate of drug-likeness (QED) is 0.780. The van der Waals surface area contributed by atoms with Gasteiger partial charge in [0.05, 0.1) is 17.1 Å². The molecule has 0 saturated heterocycles. The van der Waals surface area contributed by atoms with Crippen LogP contribution in [-0.4, -0.2) is 25.0 Å². The summed E-state index contributed by atoms with van der Waals surface area (Å²) in [6.45, 7) is 0.333. The fourth-order valence-corrected chi connectivity index (χ4v) is 2.76. The molecule has 0 aliphatic heterocycles. The van der Waals surface area contributed by atoms with Crippen LogP contribution in [0.2, 0.25) is 0 Å². The van der Waals surface area contributed by atoms with Gasteiger partial charge in [-0.1, -0.05) is 12.1 Å². The molecule has 118 valence electrons. The molecule has 23 heavy (non-hydrogen) atoms. The fourth-order valence-electron chi connectivity index (χ4n) is 2.10. The van der Waals surface area contributed by atoms with Gasteiger partial charge in [-0.15, -0.1) is 11.3 Å². The van der Waals surface area contributed by atoms with Crippen molar-refractivity contribution in [3.05, 3.63) is 59.3 Å². The van der Waals surface area contributed by atoms with Gasteiger partial charge >= 0.3 is 0 Å². The first-order valence-corrected chi connectivity index (χ1v) is 8.05. The Balaban J connectivity index is 1.64. The van der Waals surface area contributed by atoms with Crippen molar-refractivity contribution in [1.82, 2.24) is 10.3 Å². The lowest BCUT2D eigenvalue weighted by Gasteiger charge is -2.13. The number of aromatic nitrogens is 1. The Kier molecular flexibility index (Phi) is 4.43. The third-order valence-electron chi connectivity index (χ3n) is 3.34. The molecular weight excluding hydrogens is 310 g/mol. The number of rotatable bonds is 5. The lowest BCUT2D eigenvalue weighted by atomic mass is 10.2. The van der Waals surface area contributed by atoms with Crippen molar-refractivity contribution in [3.63, 3.8) is 0 Å². The summed E-state index contributed by atoms with van der Waals surface area (Å²) in [5, 5.41) is 4.83. The van der Waals surface area contributed by atoms with Gasteiger partial charge in [0.25, 0.3) is 5.91 Å². The van der Waals surface area contributed by atoms with Gasteiger partial charge in [0, 0.05) is 25.3 Å². The molecular formula is C17H17N3O2S. The molecule has 1 amide bonds. The number of carbonyl (C=O) groups is 1. The topological polar surface area (TPSA) is 58.4 Å². The van der Waals surface area contributed by atoms with Crippen molar-refractivity contribution in [2.24, 2.45) is 0 Å². The number of amides is 1. The lowest BCUT2D eigenvalue weighted by Crippen LogP contribution is -2.23. The van der Waals surface area contributed by atoms with Crippen LogP contribution in [-0.2, 0) is 6.54 Å². The summed E-state index contributed by atoms with van der Waals surface area (Å²) in [7, 11) is 3.89. The van der Waals surface area contributed by atoms with E-state index in [2.05, 4.69) is 10.3 Å². The molecule has 5 nitrogen and oxygen atoms in total. The molecule has 0 aliphatic rings. The smallest absolute Gasteiger partial charge is 0.251 e. The molecule has 0 fully saturated rings. The SMILES string of the molecule is CN(C)c1cccc(C(=O)NCc2coc(-c3cccs3)n2)c1. The maximum Gasteiger partial charge on any atom is 0.251 e. The Bertz CT molecular complexity index is 794. The van der Waals surface area contributed by atoms with Crippen molar-refractivity contribution >= 4 is 22.9 Å². The molecule has 0 spiro atoms. The van der Waals surface area contributed by atoms with Crippen LogP contribution < -0.4 is 10.2 Å². The minimum Gasteiger partial charge on any atom is -0.443 e. The van der Waals surface area contributed by atoms with Crippen LogP contribution in [0.3, 0.4) is 0 Å². The van der Waals surface area contributed by atoms with Gasteiger partial charge in [0.2, 0.25) is 5.89 Å². The molecule has 0 bridgehead atoms. The average Bonchev–Trinajstić information content (AvgIpc) is 3.23. The number of nitrogens with one attached hydrogen (secondary N) is 1. The molecule has 0 aliphatic carbocycles. The highest BCUT2D eigenvalue weighted by Crippen LogP contribution is 2.23. The van der Waals surface area contributed by atoms with Crippen molar-refractivity contribution in [2.45, 2.75) is 6.54 Å². The van der Waals surface area contributed by atoms with Gasteiger partial charge < -0.3 is 14.6 Å². The number of hydrogen-bond acceptors (Lipinski definition) is 5. The molecule has 0 saturated carbocycles. The third kappa shape index (κ3) is 3.60. The zero-order chi connectivity index (χ0) is 16.2. The van der Waals surface area contributed by atoms with E-state index < -0.39 is 0 Å². The predicted octanol–water partition coefficient (Wildman–Crippen LogP) is 3.40. The zero-order valence-corrected chi connectivity index (χ0v) is 13.8. The molecule has 3 rings (SSSR count). The standard InChI is InChI=1S/C17H17N3O2S/c1-20(2)14-6-3-5-12(9-14)16(21)18-10-13-11-22-17(19-13)15-7-4-8-23-15/h3-9,11H,10H2,1-2H3,(H,18,21). The van der Waals surface area contributed by atoms with Gasteiger partial charge in [0.15, 0.2) is 0 Å². The van der Waals surface area contributed by atoms with Crippen LogP contribution >= 0.6 is 11.3 Å². The second-order valence-electron chi connectivity index (χ2n) is 5.25.